The first-order valence-electron chi connectivity index (χ1n) is 17.4. The monoisotopic (exact) mass is 784 g/mol. The highest BCUT2D eigenvalue weighted by Crippen LogP contribution is 2.54. The first-order valence-corrected chi connectivity index (χ1v) is 19.4. The molecule has 1 amide bonds. The molecule has 47 heavy (non-hydrogen) atoms. The summed E-state index contributed by atoms with van der Waals surface area (Å²) in [5.74, 6) is 0.891. The van der Waals surface area contributed by atoms with Gasteiger partial charge in [0.15, 0.2) is 23.0 Å². The van der Waals surface area contributed by atoms with Crippen LogP contribution in [0.15, 0.2) is 35.5 Å². The van der Waals surface area contributed by atoms with Gasteiger partial charge in [-0.1, -0.05) is 44.0 Å². The smallest absolute Gasteiger partial charge is 0.259 e. The average Bonchev–Trinajstić information content (AvgIpc) is 3.37. The summed E-state index contributed by atoms with van der Waals surface area (Å²) in [5.41, 5.74) is 4.92. The van der Waals surface area contributed by atoms with Crippen molar-refractivity contribution >= 4 is 37.4 Å². The third-order valence-corrected chi connectivity index (χ3v) is 12.3. The molecule has 1 aromatic rings. The maximum absolute atomic E-state index is 12.8. The van der Waals surface area contributed by atoms with Gasteiger partial charge in [-0.05, 0) is 108 Å². The first kappa shape index (κ1) is 40.1. The summed E-state index contributed by atoms with van der Waals surface area (Å²) in [7, 11) is 2.78. The molecule has 2 aliphatic rings. The van der Waals surface area contributed by atoms with Gasteiger partial charge in [0.2, 0.25) is 0 Å². The lowest BCUT2D eigenvalue weighted by Crippen LogP contribution is -2.44. The number of nitrogens with one attached hydrogen (secondary N) is 1. The Labute approximate surface area is 299 Å². The zero-order valence-electron chi connectivity index (χ0n) is 29.7. The van der Waals surface area contributed by atoms with Crippen LogP contribution in [0.25, 0.3) is 0 Å². The van der Waals surface area contributed by atoms with Gasteiger partial charge in [-0.2, -0.15) is 8.48 Å². The van der Waals surface area contributed by atoms with E-state index in [1.807, 2.05) is 30.1 Å². The fourth-order valence-electron chi connectivity index (χ4n) is 7.08. The van der Waals surface area contributed by atoms with Gasteiger partial charge in [0.05, 0.1) is 31.8 Å². The van der Waals surface area contributed by atoms with Crippen molar-refractivity contribution in [2.24, 2.45) is 17.3 Å². The highest BCUT2D eigenvalue weighted by atomic mass is 127. The minimum Gasteiger partial charge on any atom is -0.392 e. The van der Waals surface area contributed by atoms with Gasteiger partial charge in [-0.3, -0.25) is 4.79 Å². The number of hydrogen-bond acceptors (Lipinski definition) is 8. The van der Waals surface area contributed by atoms with Gasteiger partial charge < -0.3 is 19.3 Å². The minimum atomic E-state index is -1.29. The van der Waals surface area contributed by atoms with Crippen molar-refractivity contribution in [2.75, 3.05) is 33.9 Å². The molecule has 4 unspecified atom stereocenters. The van der Waals surface area contributed by atoms with Crippen LogP contribution in [0.4, 0.5) is 0 Å². The lowest BCUT2D eigenvalue weighted by molar-refractivity contribution is -0.175. The molecule has 0 bridgehead atoms. The Morgan fingerprint density at radius 2 is 1.96 bits per heavy atom. The van der Waals surface area contributed by atoms with Crippen LogP contribution in [-0.2, 0) is 23.7 Å². The zero-order chi connectivity index (χ0) is 34.4. The fourth-order valence-corrected chi connectivity index (χ4v) is 8.77. The average molecular weight is 785 g/mol. The second-order valence-corrected chi connectivity index (χ2v) is 15.9. The van der Waals surface area contributed by atoms with E-state index in [9.17, 15) is 4.79 Å². The molecular formula is C36H58IN4O5P. The molecule has 1 saturated carbocycles. The van der Waals surface area contributed by atoms with Crippen molar-refractivity contribution in [1.29, 1.82) is 5.26 Å². The molecule has 1 heterocycles. The summed E-state index contributed by atoms with van der Waals surface area (Å²) in [4.78, 5) is 20.2. The molecule has 4 atom stereocenters. The van der Waals surface area contributed by atoms with Crippen molar-refractivity contribution in [3.63, 3.8) is 0 Å². The number of benzene rings is 1. The summed E-state index contributed by atoms with van der Waals surface area (Å²) in [5, 5.41) is 12.5. The quantitative estimate of drug-likeness (QED) is 0.0434. The highest BCUT2D eigenvalue weighted by Gasteiger charge is 2.45. The molecule has 11 heteroatoms. The van der Waals surface area contributed by atoms with E-state index in [0.717, 1.165) is 82.0 Å². The van der Waals surface area contributed by atoms with E-state index in [-0.39, 0.29) is 29.4 Å². The summed E-state index contributed by atoms with van der Waals surface area (Å²) < 4.78 is 20.2. The van der Waals surface area contributed by atoms with Crippen molar-refractivity contribution in [3.05, 3.63) is 46.7 Å². The van der Waals surface area contributed by atoms with E-state index in [1.54, 1.807) is 23.0 Å². The van der Waals surface area contributed by atoms with E-state index in [4.69, 9.17) is 22.4 Å². The third-order valence-electron chi connectivity index (χ3n) is 10.3. The van der Waals surface area contributed by atoms with Gasteiger partial charge in [0.25, 0.3) is 14.4 Å². The molecule has 1 N–H and O–H groups in total. The van der Waals surface area contributed by atoms with Crippen LogP contribution in [0.3, 0.4) is 0 Å². The van der Waals surface area contributed by atoms with E-state index >= 15 is 0 Å². The maximum atomic E-state index is 12.8. The van der Waals surface area contributed by atoms with Crippen molar-refractivity contribution < 1.29 is 21.9 Å². The standard InChI is InChI=1S/C36H58IN4O5P/c1-27(2)40(7)47(44-24-13-22-38)45-34-19-21-36(4,5)33(32(34)20-25-43-46-37)18-17-29(28(3)39-6)14-9-8-12-23-41-26-30-15-10-11-16-31(30)35(41)42/h10-11,15-16,27,32-34,39H,8-9,12-14,17-21,23-26H2,1-7H3/b29-28+. The number of halogens is 1. The second kappa shape index (κ2) is 20.4. The normalized spacial score (nSPS) is 21.9. The lowest BCUT2D eigenvalue weighted by Gasteiger charge is -2.49. The molecule has 0 spiro atoms. The molecule has 9 nitrogen and oxygen atoms in total. The third kappa shape index (κ3) is 11.9. The highest BCUT2D eigenvalue weighted by molar-refractivity contribution is 14.1. The number of carbonyl (C=O) groups excluding carboxylic acids is 1. The fraction of sp³-hybridized carbons (Fsp3) is 0.722. The molecule has 1 fully saturated rings. The summed E-state index contributed by atoms with van der Waals surface area (Å²) in [6, 6.07) is 10.4. The zero-order valence-corrected chi connectivity index (χ0v) is 32.8. The van der Waals surface area contributed by atoms with Crippen LogP contribution < -0.4 is 5.32 Å². The number of fused-ring (bicyclic) bond motifs is 1. The van der Waals surface area contributed by atoms with Crippen molar-refractivity contribution in [3.8, 4) is 6.07 Å². The van der Waals surface area contributed by atoms with E-state index in [2.05, 4.69) is 63.8 Å². The van der Waals surface area contributed by atoms with Gasteiger partial charge in [-0.25, -0.2) is 9.56 Å². The minimum absolute atomic E-state index is 0.0393. The Balaban J connectivity index is 1.64. The van der Waals surface area contributed by atoms with E-state index < -0.39 is 8.53 Å². The lowest BCUT2D eigenvalue weighted by atomic mass is 9.60. The molecule has 1 aromatic carbocycles. The molecule has 0 radical (unpaired) electrons. The van der Waals surface area contributed by atoms with Crippen LogP contribution >= 0.6 is 31.5 Å². The van der Waals surface area contributed by atoms with Crippen LogP contribution in [0.5, 0.6) is 0 Å². The SMILES string of the molecule is CN/C(C)=C(\CCCCCN1Cc2ccccc2C1=O)CCC1C(CCOOI)C(OP(OCCC#N)N(C)C(C)C)CCC1(C)C. The Kier molecular flexibility index (Phi) is 17.4. The first-order chi connectivity index (χ1) is 22.5. The van der Waals surface area contributed by atoms with Crippen LogP contribution in [0, 0.1) is 28.6 Å². The molecule has 264 valence electrons. The van der Waals surface area contributed by atoms with Gasteiger partial charge in [0.1, 0.15) is 0 Å². The van der Waals surface area contributed by atoms with Gasteiger partial charge >= 0.3 is 0 Å². The Bertz CT molecular complexity index is 1190. The number of amides is 1. The molecule has 0 aromatic heterocycles. The van der Waals surface area contributed by atoms with Crippen LogP contribution in [0.1, 0.15) is 115 Å². The number of rotatable bonds is 21. The number of nitriles is 1. The number of allylic oxidation sites excluding steroid dienone is 2. The molecular weight excluding hydrogens is 726 g/mol. The van der Waals surface area contributed by atoms with E-state index in [0.29, 0.717) is 25.6 Å². The maximum Gasteiger partial charge on any atom is 0.259 e. The predicted octanol–water partition coefficient (Wildman–Crippen LogP) is 9.10. The number of carbonyl (C=O) groups is 1. The topological polar surface area (TPSA) is 96.3 Å². The van der Waals surface area contributed by atoms with Gasteiger partial charge in [0, 0.05) is 37.4 Å². The summed E-state index contributed by atoms with van der Waals surface area (Å²) in [6.45, 7) is 13.7. The van der Waals surface area contributed by atoms with Crippen LogP contribution in [-0.4, -0.2) is 61.5 Å². The summed E-state index contributed by atoms with van der Waals surface area (Å²) in [6.07, 6.45) is 9.68. The summed E-state index contributed by atoms with van der Waals surface area (Å²) >= 11 is 1.79. The van der Waals surface area contributed by atoms with E-state index in [1.165, 1.54) is 11.3 Å². The molecule has 1 aliphatic carbocycles. The largest absolute Gasteiger partial charge is 0.392 e. The van der Waals surface area contributed by atoms with Crippen molar-refractivity contribution in [2.45, 2.75) is 118 Å². The molecule has 0 saturated heterocycles. The van der Waals surface area contributed by atoms with Gasteiger partial charge in [-0.15, -0.1) is 0 Å². The van der Waals surface area contributed by atoms with Crippen molar-refractivity contribution in [1.82, 2.24) is 14.9 Å². The Hall–Kier alpha value is -1.32. The number of unbranched alkanes of at least 4 members (excludes halogenated alkanes) is 2. The number of nitrogens with zero attached hydrogens (tertiary/aromatic N) is 3. The Morgan fingerprint density at radius 3 is 2.64 bits per heavy atom. The number of hydrogen-bond donors (Lipinski definition) is 1. The van der Waals surface area contributed by atoms with Crippen LogP contribution in [0.2, 0.25) is 0 Å². The predicted molar refractivity (Wildman–Crippen MR) is 197 cm³/mol. The molecule has 1 aliphatic heterocycles. The second-order valence-electron chi connectivity index (χ2n) is 14.0. The molecule has 3 rings (SSSR count). The Morgan fingerprint density at radius 1 is 1.19 bits per heavy atom.